The summed E-state index contributed by atoms with van der Waals surface area (Å²) in [6, 6.07) is 9.28. The lowest BCUT2D eigenvalue weighted by Crippen LogP contribution is -2.47. The van der Waals surface area contributed by atoms with Crippen molar-refractivity contribution in [3.63, 3.8) is 0 Å². The third kappa shape index (κ3) is 4.14. The van der Waals surface area contributed by atoms with Gasteiger partial charge in [-0.1, -0.05) is 30.3 Å². The van der Waals surface area contributed by atoms with Crippen molar-refractivity contribution in [2.75, 3.05) is 14.2 Å². The smallest absolute Gasteiger partial charge is 0.327 e. The van der Waals surface area contributed by atoms with Crippen molar-refractivity contribution in [2.24, 2.45) is 0 Å². The fraction of sp³-hybridized carbons (Fsp3) is 0.333. The number of hydrogen-bond acceptors (Lipinski definition) is 4. The molecule has 1 aromatic heterocycles. The molecule has 0 spiro atoms. The van der Waals surface area contributed by atoms with Gasteiger partial charge in [0.2, 0.25) is 0 Å². The number of carbonyl (C=O) groups excluding carboxylic acids is 1. The van der Waals surface area contributed by atoms with Gasteiger partial charge in [-0.3, -0.25) is 4.57 Å². The Labute approximate surface area is 123 Å². The van der Waals surface area contributed by atoms with E-state index in [-0.39, 0.29) is 12.1 Å². The van der Waals surface area contributed by atoms with Crippen LogP contribution in [0.2, 0.25) is 0 Å². The van der Waals surface area contributed by atoms with E-state index >= 15 is 0 Å². The lowest BCUT2D eigenvalue weighted by Gasteiger charge is -2.25. The number of nitrogens with zero attached hydrogens (tertiary/aromatic N) is 2. The first-order valence-electron chi connectivity index (χ1n) is 6.63. The molecule has 0 saturated carbocycles. The molecular formula is C15H19N3O3. The molecule has 1 aromatic carbocycles. The fourth-order valence-electron chi connectivity index (χ4n) is 2.12. The summed E-state index contributed by atoms with van der Waals surface area (Å²) in [5.41, 5.74) is 1.09. The van der Waals surface area contributed by atoms with Gasteiger partial charge in [-0.15, -0.1) is 0 Å². The quantitative estimate of drug-likeness (QED) is 0.822. The number of ether oxygens (including phenoxy) is 2. The highest BCUT2D eigenvalue weighted by Crippen LogP contribution is 2.09. The standard InChI is InChI=1S/C15H19N3O3/c1-20-14(21-2)13(10-12-6-4-3-5-7-12)17-15(19)18-9-8-16-11-18/h3-9,11,13-14H,10H2,1-2H3,(H,17,19)/t13-/m0/s1. The van der Waals surface area contributed by atoms with Crippen molar-refractivity contribution in [1.29, 1.82) is 0 Å². The van der Waals surface area contributed by atoms with Crippen LogP contribution in [0.4, 0.5) is 4.79 Å². The molecule has 0 aliphatic carbocycles. The van der Waals surface area contributed by atoms with E-state index in [9.17, 15) is 4.79 Å². The van der Waals surface area contributed by atoms with Crippen LogP contribution in [0.5, 0.6) is 0 Å². The number of benzene rings is 1. The van der Waals surface area contributed by atoms with Gasteiger partial charge in [0, 0.05) is 26.6 Å². The minimum Gasteiger partial charge on any atom is -0.354 e. The Morgan fingerprint density at radius 2 is 2.00 bits per heavy atom. The number of aromatic nitrogens is 2. The van der Waals surface area contributed by atoms with Crippen LogP contribution in [-0.2, 0) is 15.9 Å². The van der Waals surface area contributed by atoms with Crippen molar-refractivity contribution in [1.82, 2.24) is 14.9 Å². The molecule has 0 bridgehead atoms. The summed E-state index contributed by atoms with van der Waals surface area (Å²) in [5.74, 6) is 0. The van der Waals surface area contributed by atoms with E-state index in [4.69, 9.17) is 9.47 Å². The van der Waals surface area contributed by atoms with Crippen molar-refractivity contribution < 1.29 is 14.3 Å². The molecule has 2 rings (SSSR count). The Morgan fingerprint density at radius 3 is 2.57 bits per heavy atom. The number of imidazole rings is 1. The average Bonchev–Trinajstić information content (AvgIpc) is 3.04. The van der Waals surface area contributed by atoms with Crippen LogP contribution in [0.25, 0.3) is 0 Å². The van der Waals surface area contributed by atoms with E-state index in [0.717, 1.165) is 5.56 Å². The molecular weight excluding hydrogens is 270 g/mol. The number of hydrogen-bond donors (Lipinski definition) is 1. The molecule has 0 fully saturated rings. The molecule has 0 aliphatic heterocycles. The molecule has 0 aliphatic rings. The van der Waals surface area contributed by atoms with Gasteiger partial charge >= 0.3 is 6.03 Å². The maximum Gasteiger partial charge on any atom is 0.327 e. The molecule has 1 heterocycles. The predicted octanol–water partition coefficient (Wildman–Crippen LogP) is 1.67. The third-order valence-corrected chi connectivity index (χ3v) is 3.14. The van der Waals surface area contributed by atoms with E-state index in [0.29, 0.717) is 6.42 Å². The number of amides is 1. The Hall–Kier alpha value is -2.18. The van der Waals surface area contributed by atoms with Crippen molar-refractivity contribution in [3.8, 4) is 0 Å². The van der Waals surface area contributed by atoms with Gasteiger partial charge in [-0.25, -0.2) is 9.78 Å². The summed E-state index contributed by atoms with van der Waals surface area (Å²) < 4.78 is 12.0. The van der Waals surface area contributed by atoms with E-state index in [2.05, 4.69) is 10.3 Å². The maximum absolute atomic E-state index is 12.1. The first-order chi connectivity index (χ1) is 10.2. The molecule has 6 heteroatoms. The molecule has 1 N–H and O–H groups in total. The van der Waals surface area contributed by atoms with Crippen LogP contribution in [-0.4, -0.2) is 42.1 Å². The highest BCUT2D eigenvalue weighted by molar-refractivity contribution is 5.76. The van der Waals surface area contributed by atoms with Gasteiger partial charge in [0.05, 0.1) is 6.04 Å². The van der Waals surface area contributed by atoms with Crippen LogP contribution in [0.1, 0.15) is 5.56 Å². The number of nitrogens with one attached hydrogen (secondary N) is 1. The minimum absolute atomic E-state index is 0.271. The van der Waals surface area contributed by atoms with Gasteiger partial charge in [-0.2, -0.15) is 0 Å². The second-order valence-electron chi connectivity index (χ2n) is 4.56. The summed E-state index contributed by atoms with van der Waals surface area (Å²) in [6.07, 6.45) is 4.66. The van der Waals surface area contributed by atoms with E-state index < -0.39 is 6.29 Å². The number of rotatable bonds is 6. The molecule has 0 unspecified atom stereocenters. The van der Waals surface area contributed by atoms with E-state index in [1.807, 2.05) is 30.3 Å². The lowest BCUT2D eigenvalue weighted by molar-refractivity contribution is -0.120. The van der Waals surface area contributed by atoms with Crippen molar-refractivity contribution in [3.05, 3.63) is 54.6 Å². The third-order valence-electron chi connectivity index (χ3n) is 3.14. The molecule has 1 amide bonds. The Morgan fingerprint density at radius 1 is 1.29 bits per heavy atom. The van der Waals surface area contributed by atoms with Crippen LogP contribution < -0.4 is 5.32 Å². The first-order valence-corrected chi connectivity index (χ1v) is 6.63. The van der Waals surface area contributed by atoms with Gasteiger partial charge < -0.3 is 14.8 Å². The van der Waals surface area contributed by atoms with Crippen LogP contribution >= 0.6 is 0 Å². The maximum atomic E-state index is 12.1. The molecule has 0 saturated heterocycles. The lowest BCUT2D eigenvalue weighted by atomic mass is 10.1. The van der Waals surface area contributed by atoms with Gasteiger partial charge in [0.25, 0.3) is 0 Å². The summed E-state index contributed by atoms with van der Waals surface area (Å²) in [7, 11) is 3.10. The van der Waals surface area contributed by atoms with Gasteiger partial charge in [0.1, 0.15) is 6.33 Å². The first kappa shape index (κ1) is 15.2. The summed E-state index contributed by atoms with van der Waals surface area (Å²) in [4.78, 5) is 16.0. The van der Waals surface area contributed by atoms with Gasteiger partial charge in [-0.05, 0) is 12.0 Å². The number of methoxy groups -OCH3 is 2. The van der Waals surface area contributed by atoms with E-state index in [1.54, 1.807) is 26.6 Å². The predicted molar refractivity (Wildman–Crippen MR) is 77.9 cm³/mol. The topological polar surface area (TPSA) is 65.4 Å². The van der Waals surface area contributed by atoms with Gasteiger partial charge in [0.15, 0.2) is 6.29 Å². The van der Waals surface area contributed by atoms with Crippen LogP contribution in [0, 0.1) is 0 Å². The molecule has 6 nitrogen and oxygen atoms in total. The second-order valence-corrected chi connectivity index (χ2v) is 4.56. The van der Waals surface area contributed by atoms with E-state index in [1.165, 1.54) is 10.9 Å². The minimum atomic E-state index is -0.530. The molecule has 0 radical (unpaired) electrons. The second kappa shape index (κ2) is 7.56. The summed E-state index contributed by atoms with van der Waals surface area (Å²) in [6.45, 7) is 0. The molecule has 1 atom stereocenters. The van der Waals surface area contributed by atoms with Crippen molar-refractivity contribution >= 4 is 6.03 Å². The monoisotopic (exact) mass is 289 g/mol. The zero-order valence-electron chi connectivity index (χ0n) is 12.1. The highest BCUT2D eigenvalue weighted by Gasteiger charge is 2.23. The Kier molecular flexibility index (Phi) is 5.48. The summed E-state index contributed by atoms with van der Waals surface area (Å²) >= 11 is 0. The summed E-state index contributed by atoms with van der Waals surface area (Å²) in [5, 5.41) is 2.90. The zero-order chi connectivity index (χ0) is 15.1. The highest BCUT2D eigenvalue weighted by atomic mass is 16.7. The SMILES string of the molecule is COC(OC)[C@H](Cc1ccccc1)NC(=O)n1ccnc1. The largest absolute Gasteiger partial charge is 0.354 e. The fourth-order valence-corrected chi connectivity index (χ4v) is 2.12. The van der Waals surface area contributed by atoms with Crippen LogP contribution in [0.3, 0.4) is 0 Å². The average molecular weight is 289 g/mol. The molecule has 112 valence electrons. The molecule has 2 aromatic rings. The Bertz CT molecular complexity index is 539. The normalized spacial score (nSPS) is 12.3. The van der Waals surface area contributed by atoms with Crippen LogP contribution in [0.15, 0.2) is 49.1 Å². The van der Waals surface area contributed by atoms with Crippen molar-refractivity contribution in [2.45, 2.75) is 18.8 Å². The zero-order valence-corrected chi connectivity index (χ0v) is 12.1. The molecule has 21 heavy (non-hydrogen) atoms. The Balaban J connectivity index is 2.10. The number of carbonyl (C=O) groups is 1.